The fraction of sp³-hybridized carbons (Fsp3) is 0.0784. The Bertz CT molecular complexity index is 3350. The molecular formula is C51H33N3O3. The van der Waals surface area contributed by atoms with Gasteiger partial charge in [-0.1, -0.05) is 127 Å². The van der Waals surface area contributed by atoms with E-state index < -0.39 is 0 Å². The Morgan fingerprint density at radius 2 is 1.09 bits per heavy atom. The van der Waals surface area contributed by atoms with Crippen LogP contribution in [0.1, 0.15) is 42.0 Å². The zero-order valence-electron chi connectivity index (χ0n) is 30.8. The third-order valence-corrected chi connectivity index (χ3v) is 11.5. The van der Waals surface area contributed by atoms with Crippen LogP contribution in [0.3, 0.4) is 0 Å². The number of aryl methyl sites for hydroxylation is 1. The number of benzene rings is 6. The molecule has 12 rings (SSSR count). The molecule has 4 heterocycles. The van der Waals surface area contributed by atoms with Crippen LogP contribution in [0.4, 0.5) is 0 Å². The molecule has 0 amide bonds. The van der Waals surface area contributed by atoms with Crippen LogP contribution in [-0.2, 0) is 6.42 Å². The van der Waals surface area contributed by atoms with Crippen molar-refractivity contribution in [2.75, 3.05) is 0 Å². The van der Waals surface area contributed by atoms with Crippen molar-refractivity contribution in [1.29, 1.82) is 0 Å². The largest absolute Gasteiger partial charge is 0.456 e. The first-order valence-electron chi connectivity index (χ1n) is 19.5. The highest BCUT2D eigenvalue weighted by Crippen LogP contribution is 2.44. The Hall–Kier alpha value is -7.31. The van der Waals surface area contributed by atoms with Crippen LogP contribution in [0.25, 0.3) is 106 Å². The molecule has 0 atom stereocenters. The van der Waals surface area contributed by atoms with Gasteiger partial charge in [0.25, 0.3) is 0 Å². The number of aromatic nitrogens is 3. The van der Waals surface area contributed by atoms with Crippen molar-refractivity contribution in [3.05, 3.63) is 168 Å². The fourth-order valence-electron chi connectivity index (χ4n) is 8.77. The van der Waals surface area contributed by atoms with Crippen molar-refractivity contribution in [3.8, 4) is 33.9 Å². The molecule has 270 valence electrons. The third kappa shape index (κ3) is 5.14. The van der Waals surface area contributed by atoms with E-state index in [-0.39, 0.29) is 0 Å². The van der Waals surface area contributed by atoms with Gasteiger partial charge in [0.05, 0.1) is 0 Å². The number of nitrogens with zero attached hydrogens (tertiary/aromatic N) is 3. The normalized spacial score (nSPS) is 14.2. The Morgan fingerprint density at radius 1 is 0.456 bits per heavy atom. The molecule has 0 saturated heterocycles. The molecule has 0 bridgehead atoms. The van der Waals surface area contributed by atoms with Gasteiger partial charge in [0, 0.05) is 60.3 Å². The monoisotopic (exact) mass is 735 g/mol. The Kier molecular flexibility index (Phi) is 7.08. The summed E-state index contributed by atoms with van der Waals surface area (Å²) in [6.45, 7) is 0. The van der Waals surface area contributed by atoms with Crippen molar-refractivity contribution in [3.63, 3.8) is 0 Å². The van der Waals surface area contributed by atoms with Crippen LogP contribution in [0.2, 0.25) is 0 Å². The van der Waals surface area contributed by atoms with E-state index in [2.05, 4.69) is 109 Å². The highest BCUT2D eigenvalue weighted by Gasteiger charge is 2.24. The summed E-state index contributed by atoms with van der Waals surface area (Å²) in [7, 11) is 0. The molecule has 2 aliphatic carbocycles. The number of furan rings is 3. The second-order valence-electron chi connectivity index (χ2n) is 14.9. The molecule has 0 saturated carbocycles. The van der Waals surface area contributed by atoms with Gasteiger partial charge in [-0.3, -0.25) is 0 Å². The van der Waals surface area contributed by atoms with Crippen LogP contribution in [0.5, 0.6) is 0 Å². The molecule has 4 aromatic heterocycles. The molecule has 0 spiro atoms. The fourth-order valence-corrected chi connectivity index (χ4v) is 8.77. The first-order valence-corrected chi connectivity index (χ1v) is 19.5. The molecule has 0 radical (unpaired) electrons. The van der Waals surface area contributed by atoms with E-state index in [1.54, 1.807) is 0 Å². The lowest BCUT2D eigenvalue weighted by Gasteiger charge is -2.14. The van der Waals surface area contributed by atoms with E-state index in [1.807, 2.05) is 42.5 Å². The van der Waals surface area contributed by atoms with E-state index in [4.69, 9.17) is 28.2 Å². The number of fused-ring (bicyclic) bond motifs is 9. The lowest BCUT2D eigenvalue weighted by atomic mass is 9.95. The van der Waals surface area contributed by atoms with Crippen LogP contribution < -0.4 is 0 Å². The summed E-state index contributed by atoms with van der Waals surface area (Å²) in [6.07, 6.45) is 12.6. The second-order valence-corrected chi connectivity index (χ2v) is 14.9. The van der Waals surface area contributed by atoms with E-state index in [9.17, 15) is 0 Å². The summed E-state index contributed by atoms with van der Waals surface area (Å²) < 4.78 is 19.6. The predicted octanol–water partition coefficient (Wildman–Crippen LogP) is 13.6. The van der Waals surface area contributed by atoms with Gasteiger partial charge in [-0.05, 0) is 61.1 Å². The third-order valence-electron chi connectivity index (χ3n) is 11.5. The topological polar surface area (TPSA) is 78.1 Å². The van der Waals surface area contributed by atoms with Crippen molar-refractivity contribution in [1.82, 2.24) is 15.0 Å². The molecule has 0 N–H and O–H groups in total. The number of para-hydroxylation sites is 4. The maximum Gasteiger partial charge on any atom is 0.164 e. The molecule has 6 nitrogen and oxygen atoms in total. The molecular weight excluding hydrogens is 703 g/mol. The van der Waals surface area contributed by atoms with Gasteiger partial charge in [-0.15, -0.1) is 0 Å². The lowest BCUT2D eigenvalue weighted by Crippen LogP contribution is -2.06. The molecule has 10 aromatic rings. The van der Waals surface area contributed by atoms with Crippen molar-refractivity contribution < 1.29 is 13.3 Å². The summed E-state index contributed by atoms with van der Waals surface area (Å²) in [6, 6.07) is 43.7. The number of allylic oxidation sites excluding steroid dienone is 5. The molecule has 0 aliphatic heterocycles. The zero-order valence-corrected chi connectivity index (χ0v) is 30.8. The highest BCUT2D eigenvalue weighted by molar-refractivity contribution is 6.17. The average molecular weight is 736 g/mol. The summed E-state index contributed by atoms with van der Waals surface area (Å²) in [5, 5.41) is 5.28. The number of hydrogen-bond donors (Lipinski definition) is 0. The smallest absolute Gasteiger partial charge is 0.164 e. The van der Waals surface area contributed by atoms with Gasteiger partial charge in [0.1, 0.15) is 33.7 Å². The molecule has 6 heteroatoms. The van der Waals surface area contributed by atoms with E-state index >= 15 is 0 Å². The maximum absolute atomic E-state index is 6.78. The van der Waals surface area contributed by atoms with Crippen LogP contribution in [-0.4, -0.2) is 15.0 Å². The molecule has 0 unspecified atom stereocenters. The Balaban J connectivity index is 1.04. The minimum atomic E-state index is 0.589. The average Bonchev–Trinajstić information content (AvgIpc) is 3.98. The van der Waals surface area contributed by atoms with Crippen LogP contribution >= 0.6 is 0 Å². The summed E-state index contributed by atoms with van der Waals surface area (Å²) >= 11 is 0. The van der Waals surface area contributed by atoms with E-state index in [0.29, 0.717) is 17.5 Å². The number of hydrogen-bond acceptors (Lipinski definition) is 6. The Labute approximate surface area is 327 Å². The first kappa shape index (κ1) is 32.0. The van der Waals surface area contributed by atoms with Gasteiger partial charge in [-0.25, -0.2) is 15.0 Å². The standard InChI is InChI=1S/C51H33N3O3/c1-2-11-30(12-3-1)31-23-25-32(26-24-31)49-52-50(33-27-28-36-34-13-4-6-20-42(34)55-45(36)29-33)54-51(53-49)41-19-10-22-44-46(41)40-18-9-17-39(48(40)57-44)38-16-8-15-37-35-14-5-7-21-43(35)56-47(37)38/h2,4-26,29H,1,3,27-28H2. The van der Waals surface area contributed by atoms with Gasteiger partial charge in [0.2, 0.25) is 0 Å². The number of rotatable bonds is 5. The minimum Gasteiger partial charge on any atom is -0.456 e. The lowest BCUT2D eigenvalue weighted by molar-refractivity contribution is 0.596. The van der Waals surface area contributed by atoms with Crippen molar-refractivity contribution in [2.45, 2.75) is 25.7 Å². The zero-order chi connectivity index (χ0) is 37.5. The summed E-state index contributed by atoms with van der Waals surface area (Å²) in [5.74, 6) is 2.72. The SMILES string of the molecule is C1=CC(c2ccc(-c3nc(C4=Cc5oc6ccccc6c5CC4)nc(-c4cccc5oc6c(-c7cccc8c7oc7ccccc78)cccc6c45)n3)cc2)=CCC1. The van der Waals surface area contributed by atoms with Crippen molar-refractivity contribution in [2.24, 2.45) is 0 Å². The Morgan fingerprint density at radius 3 is 1.91 bits per heavy atom. The summed E-state index contributed by atoms with van der Waals surface area (Å²) in [5.41, 5.74) is 12.6. The molecule has 57 heavy (non-hydrogen) atoms. The minimum absolute atomic E-state index is 0.589. The summed E-state index contributed by atoms with van der Waals surface area (Å²) in [4.78, 5) is 15.6. The predicted molar refractivity (Wildman–Crippen MR) is 229 cm³/mol. The van der Waals surface area contributed by atoms with Gasteiger partial charge >= 0.3 is 0 Å². The molecule has 0 fully saturated rings. The van der Waals surface area contributed by atoms with E-state index in [1.165, 1.54) is 16.7 Å². The molecule has 2 aliphatic rings. The van der Waals surface area contributed by atoms with E-state index in [0.717, 1.165) is 114 Å². The highest BCUT2D eigenvalue weighted by atomic mass is 16.3. The first-order chi connectivity index (χ1) is 28.2. The van der Waals surface area contributed by atoms with Gasteiger partial charge in [0.15, 0.2) is 17.5 Å². The van der Waals surface area contributed by atoms with Crippen LogP contribution in [0, 0.1) is 0 Å². The van der Waals surface area contributed by atoms with Gasteiger partial charge < -0.3 is 13.3 Å². The van der Waals surface area contributed by atoms with Crippen molar-refractivity contribution >= 4 is 72.1 Å². The second kappa shape index (κ2) is 12.6. The van der Waals surface area contributed by atoms with Gasteiger partial charge in [-0.2, -0.15) is 0 Å². The maximum atomic E-state index is 6.78. The quantitative estimate of drug-likeness (QED) is 0.175. The molecule has 6 aromatic carbocycles. The van der Waals surface area contributed by atoms with Crippen LogP contribution in [0.15, 0.2) is 159 Å².